The Morgan fingerprint density at radius 2 is 1.40 bits per heavy atom. The van der Waals surface area contributed by atoms with Crippen molar-refractivity contribution in [3.05, 3.63) is 83.9 Å². The fourth-order valence-electron chi connectivity index (χ4n) is 3.39. The third-order valence-electron chi connectivity index (χ3n) is 4.62. The largest absolute Gasteiger partial charge is 0.354 e. The Morgan fingerprint density at radius 1 is 0.680 bits per heavy atom. The molecule has 0 bridgehead atoms. The molecule has 0 aliphatic carbocycles. The lowest BCUT2D eigenvalue weighted by molar-refractivity contribution is 1.53. The van der Waals surface area contributed by atoms with E-state index in [1.54, 1.807) is 0 Å². The van der Waals surface area contributed by atoms with Gasteiger partial charge in [-0.15, -0.1) is 0 Å². The van der Waals surface area contributed by atoms with E-state index in [0.717, 1.165) is 22.4 Å². The molecule has 1 heterocycles. The molecule has 0 aliphatic rings. The Balaban J connectivity index is 1.65. The van der Waals surface area contributed by atoms with Gasteiger partial charge in [0.2, 0.25) is 0 Å². The highest BCUT2D eigenvalue weighted by Gasteiger charge is 2.07. The molecule has 2 N–H and O–H groups in total. The smallest absolute Gasteiger partial charge is 0.0640 e. The number of halogens is 1. The summed E-state index contributed by atoms with van der Waals surface area (Å²) in [5.41, 5.74) is 4.19. The van der Waals surface area contributed by atoms with E-state index in [0.29, 0.717) is 5.02 Å². The first-order valence-corrected chi connectivity index (χ1v) is 8.61. The number of H-pyrrole nitrogens is 1. The van der Waals surface area contributed by atoms with Crippen molar-refractivity contribution >= 4 is 55.6 Å². The lowest BCUT2D eigenvalue weighted by Crippen LogP contribution is -1.90. The highest BCUT2D eigenvalue weighted by molar-refractivity contribution is 6.33. The Kier molecular flexibility index (Phi) is 3.19. The van der Waals surface area contributed by atoms with Gasteiger partial charge in [0, 0.05) is 27.5 Å². The number of hydrogen-bond acceptors (Lipinski definition) is 1. The van der Waals surface area contributed by atoms with E-state index in [2.05, 4.69) is 64.9 Å². The molecule has 0 radical (unpaired) electrons. The van der Waals surface area contributed by atoms with E-state index in [9.17, 15) is 0 Å². The van der Waals surface area contributed by atoms with Crippen LogP contribution < -0.4 is 5.32 Å². The van der Waals surface area contributed by atoms with Gasteiger partial charge in [0.15, 0.2) is 0 Å². The second kappa shape index (κ2) is 5.54. The van der Waals surface area contributed by atoms with Gasteiger partial charge in [0.1, 0.15) is 0 Å². The monoisotopic (exact) mass is 342 g/mol. The summed E-state index contributed by atoms with van der Waals surface area (Å²) in [4.78, 5) is 3.54. The van der Waals surface area contributed by atoms with Crippen LogP contribution in [0.25, 0.3) is 32.6 Å². The van der Waals surface area contributed by atoms with Gasteiger partial charge in [0.05, 0.1) is 10.7 Å². The van der Waals surface area contributed by atoms with Gasteiger partial charge in [0.25, 0.3) is 0 Å². The number of aromatic amines is 1. The zero-order valence-electron chi connectivity index (χ0n) is 13.4. The molecule has 0 aliphatic heterocycles. The molecule has 0 saturated heterocycles. The third kappa shape index (κ3) is 2.43. The Bertz CT molecular complexity index is 1240. The average Bonchev–Trinajstić information content (AvgIpc) is 2.98. The molecule has 0 unspecified atom stereocenters. The van der Waals surface area contributed by atoms with E-state index in [-0.39, 0.29) is 0 Å². The first-order chi connectivity index (χ1) is 12.3. The van der Waals surface area contributed by atoms with Crippen LogP contribution in [0.15, 0.2) is 78.9 Å². The van der Waals surface area contributed by atoms with E-state index in [1.807, 2.05) is 24.3 Å². The van der Waals surface area contributed by atoms with Crippen molar-refractivity contribution in [3.63, 3.8) is 0 Å². The second-order valence-corrected chi connectivity index (χ2v) is 6.64. The van der Waals surface area contributed by atoms with Gasteiger partial charge < -0.3 is 10.3 Å². The van der Waals surface area contributed by atoms with E-state index in [4.69, 9.17) is 11.6 Å². The molecule has 3 heteroatoms. The minimum absolute atomic E-state index is 0.713. The number of rotatable bonds is 2. The lowest BCUT2D eigenvalue weighted by Gasteiger charge is -2.08. The summed E-state index contributed by atoms with van der Waals surface area (Å²) in [5, 5.41) is 9.08. The summed E-state index contributed by atoms with van der Waals surface area (Å²) >= 11 is 6.25. The van der Waals surface area contributed by atoms with Crippen LogP contribution in [0.2, 0.25) is 5.02 Å². The van der Waals surface area contributed by atoms with Crippen LogP contribution in [0.4, 0.5) is 11.4 Å². The van der Waals surface area contributed by atoms with Crippen molar-refractivity contribution < 1.29 is 0 Å². The van der Waals surface area contributed by atoms with Crippen LogP contribution in [0, 0.1) is 0 Å². The van der Waals surface area contributed by atoms with Crippen LogP contribution in [-0.2, 0) is 0 Å². The number of para-hydroxylation sites is 1. The molecule has 4 aromatic carbocycles. The number of hydrogen-bond donors (Lipinski definition) is 2. The quantitative estimate of drug-likeness (QED) is 0.360. The van der Waals surface area contributed by atoms with Gasteiger partial charge >= 0.3 is 0 Å². The van der Waals surface area contributed by atoms with E-state index < -0.39 is 0 Å². The fraction of sp³-hybridized carbons (Fsp3) is 0. The van der Waals surface area contributed by atoms with E-state index >= 15 is 0 Å². The van der Waals surface area contributed by atoms with Crippen molar-refractivity contribution in [3.8, 4) is 0 Å². The maximum absolute atomic E-state index is 6.25. The maximum Gasteiger partial charge on any atom is 0.0640 e. The molecule has 0 atom stereocenters. The third-order valence-corrected chi connectivity index (χ3v) is 4.95. The van der Waals surface area contributed by atoms with Crippen LogP contribution in [0.1, 0.15) is 0 Å². The molecular formula is C22H15ClN2. The zero-order chi connectivity index (χ0) is 16.8. The summed E-state index contributed by atoms with van der Waals surface area (Å²) in [5.74, 6) is 0. The molecule has 0 fully saturated rings. The summed E-state index contributed by atoms with van der Waals surface area (Å²) in [6, 6.07) is 27.1. The van der Waals surface area contributed by atoms with Gasteiger partial charge in [-0.3, -0.25) is 0 Å². The Labute approximate surface area is 150 Å². The van der Waals surface area contributed by atoms with Gasteiger partial charge in [-0.2, -0.15) is 0 Å². The average molecular weight is 343 g/mol. The molecule has 0 saturated carbocycles. The molecule has 1 aromatic heterocycles. The van der Waals surface area contributed by atoms with Crippen LogP contribution >= 0.6 is 11.6 Å². The lowest BCUT2D eigenvalue weighted by atomic mass is 10.1. The predicted molar refractivity (Wildman–Crippen MR) is 108 cm³/mol. The highest BCUT2D eigenvalue weighted by atomic mass is 35.5. The number of fused-ring (bicyclic) bond motifs is 4. The SMILES string of the molecule is Clc1ccccc1Nc1ccc2c(c1)[nH]c1cc3ccccc3cc12. The summed E-state index contributed by atoms with van der Waals surface area (Å²) < 4.78 is 0. The zero-order valence-corrected chi connectivity index (χ0v) is 14.1. The number of benzene rings is 4. The molecule has 2 nitrogen and oxygen atoms in total. The van der Waals surface area contributed by atoms with Crippen molar-refractivity contribution in [1.82, 2.24) is 4.98 Å². The standard InChI is InChI=1S/C22H15ClN2/c23-19-7-3-4-8-20(19)24-16-9-10-17-18-11-14-5-1-2-6-15(14)12-21(18)25-22(17)13-16/h1-13,24-25H. The fourth-order valence-corrected chi connectivity index (χ4v) is 3.57. The topological polar surface area (TPSA) is 27.8 Å². The summed E-state index contributed by atoms with van der Waals surface area (Å²) in [6.45, 7) is 0. The molecule has 25 heavy (non-hydrogen) atoms. The Morgan fingerprint density at radius 3 is 2.24 bits per heavy atom. The van der Waals surface area contributed by atoms with Crippen LogP contribution in [0.5, 0.6) is 0 Å². The molecule has 5 aromatic rings. The summed E-state index contributed by atoms with van der Waals surface area (Å²) in [7, 11) is 0. The van der Waals surface area contributed by atoms with Gasteiger partial charge in [-0.1, -0.05) is 54.1 Å². The van der Waals surface area contributed by atoms with Crippen LogP contribution in [0.3, 0.4) is 0 Å². The molecule has 5 rings (SSSR count). The maximum atomic E-state index is 6.25. The normalized spacial score (nSPS) is 11.4. The minimum atomic E-state index is 0.713. The van der Waals surface area contributed by atoms with Crippen molar-refractivity contribution in [2.45, 2.75) is 0 Å². The number of anilines is 2. The summed E-state index contributed by atoms with van der Waals surface area (Å²) in [6.07, 6.45) is 0. The molecular weight excluding hydrogens is 328 g/mol. The first-order valence-electron chi connectivity index (χ1n) is 8.24. The number of aromatic nitrogens is 1. The minimum Gasteiger partial charge on any atom is -0.354 e. The van der Waals surface area contributed by atoms with Crippen molar-refractivity contribution in [2.75, 3.05) is 5.32 Å². The van der Waals surface area contributed by atoms with Crippen molar-refractivity contribution in [1.29, 1.82) is 0 Å². The van der Waals surface area contributed by atoms with Crippen LogP contribution in [-0.4, -0.2) is 4.98 Å². The predicted octanol–water partition coefficient (Wildman–Crippen LogP) is 6.87. The molecule has 0 spiro atoms. The van der Waals surface area contributed by atoms with E-state index in [1.165, 1.54) is 21.5 Å². The Hall–Kier alpha value is -2.97. The van der Waals surface area contributed by atoms with Gasteiger partial charge in [-0.05, 0) is 47.2 Å². The van der Waals surface area contributed by atoms with Gasteiger partial charge in [-0.25, -0.2) is 0 Å². The molecule has 120 valence electrons. The second-order valence-electron chi connectivity index (χ2n) is 6.24. The van der Waals surface area contributed by atoms with Crippen molar-refractivity contribution in [2.24, 2.45) is 0 Å². The first kappa shape index (κ1) is 14.4. The highest BCUT2D eigenvalue weighted by Crippen LogP contribution is 2.32. The number of nitrogens with one attached hydrogen (secondary N) is 2. The molecule has 0 amide bonds.